The van der Waals surface area contributed by atoms with Gasteiger partial charge in [0.1, 0.15) is 29.8 Å². The number of rotatable bonds is 4. The van der Waals surface area contributed by atoms with Crippen molar-refractivity contribution in [3.05, 3.63) is 59.3 Å². The number of pyridine rings is 2. The highest BCUT2D eigenvalue weighted by Crippen LogP contribution is 2.39. The standard InChI is InChI=1S/C20H21FN6O2/c1-11(2)15-8-18-26(10-17(28)24-16-7-5-13(21)9-22-16)19-14(6-4-12(3)23-19)20(29)27(18)25-15/h4-9,11,20,29H,10H2,1-3H3,(H,22,24,28). The van der Waals surface area contributed by atoms with Gasteiger partial charge in [-0.1, -0.05) is 13.8 Å². The van der Waals surface area contributed by atoms with Gasteiger partial charge in [0.05, 0.1) is 11.9 Å². The number of nitrogens with zero attached hydrogens (tertiary/aromatic N) is 5. The van der Waals surface area contributed by atoms with Gasteiger partial charge in [-0.2, -0.15) is 5.10 Å². The summed E-state index contributed by atoms with van der Waals surface area (Å²) in [5, 5.41) is 18.0. The Bertz CT molecular complexity index is 1060. The maximum absolute atomic E-state index is 13.0. The van der Waals surface area contributed by atoms with Gasteiger partial charge < -0.3 is 15.3 Å². The van der Waals surface area contributed by atoms with E-state index in [2.05, 4.69) is 20.4 Å². The summed E-state index contributed by atoms with van der Waals surface area (Å²) >= 11 is 0. The number of amides is 1. The average Bonchev–Trinajstić information content (AvgIpc) is 3.13. The molecule has 3 aromatic rings. The van der Waals surface area contributed by atoms with Crippen molar-refractivity contribution in [2.24, 2.45) is 0 Å². The molecule has 1 unspecified atom stereocenters. The Morgan fingerprint density at radius 3 is 2.79 bits per heavy atom. The largest absolute Gasteiger partial charge is 0.368 e. The minimum absolute atomic E-state index is 0.0710. The van der Waals surface area contributed by atoms with Crippen molar-refractivity contribution in [2.45, 2.75) is 32.9 Å². The number of carbonyl (C=O) groups is 1. The van der Waals surface area contributed by atoms with Crippen LogP contribution in [0.3, 0.4) is 0 Å². The first-order chi connectivity index (χ1) is 13.8. The fourth-order valence-electron chi connectivity index (χ4n) is 3.21. The predicted molar refractivity (Wildman–Crippen MR) is 105 cm³/mol. The molecule has 0 saturated carbocycles. The van der Waals surface area contributed by atoms with Gasteiger partial charge in [-0.3, -0.25) is 4.79 Å². The van der Waals surface area contributed by atoms with Crippen LogP contribution in [0.2, 0.25) is 0 Å². The molecule has 1 amide bonds. The van der Waals surface area contributed by atoms with Crippen LogP contribution in [0.15, 0.2) is 36.5 Å². The summed E-state index contributed by atoms with van der Waals surface area (Å²) in [4.78, 5) is 22.8. The van der Waals surface area contributed by atoms with E-state index in [1.807, 2.05) is 26.8 Å². The molecule has 1 aliphatic rings. The fraction of sp³-hybridized carbons (Fsp3) is 0.300. The number of aliphatic hydroxyl groups excluding tert-OH is 1. The molecule has 0 aliphatic carbocycles. The zero-order valence-corrected chi connectivity index (χ0v) is 16.3. The van der Waals surface area contributed by atoms with Crippen molar-refractivity contribution in [1.29, 1.82) is 0 Å². The lowest BCUT2D eigenvalue weighted by Crippen LogP contribution is -2.36. The second-order valence-corrected chi connectivity index (χ2v) is 7.26. The molecule has 150 valence electrons. The molecule has 0 radical (unpaired) electrons. The van der Waals surface area contributed by atoms with Gasteiger partial charge in [-0.15, -0.1) is 0 Å². The number of anilines is 3. The number of aliphatic hydroxyl groups is 1. The zero-order chi connectivity index (χ0) is 20.7. The van der Waals surface area contributed by atoms with Crippen molar-refractivity contribution in [1.82, 2.24) is 19.7 Å². The summed E-state index contributed by atoms with van der Waals surface area (Å²) < 4.78 is 14.5. The molecular weight excluding hydrogens is 375 g/mol. The molecule has 4 rings (SSSR count). The minimum atomic E-state index is -0.987. The van der Waals surface area contributed by atoms with E-state index in [9.17, 15) is 14.3 Å². The summed E-state index contributed by atoms with van der Waals surface area (Å²) in [5.74, 6) is 0.649. The van der Waals surface area contributed by atoms with Crippen LogP contribution in [0.4, 0.5) is 21.8 Å². The van der Waals surface area contributed by atoms with Crippen LogP contribution in [0.25, 0.3) is 0 Å². The lowest BCUT2D eigenvalue weighted by molar-refractivity contribution is -0.114. The number of carbonyl (C=O) groups excluding carboxylic acids is 1. The van der Waals surface area contributed by atoms with E-state index < -0.39 is 12.0 Å². The number of nitrogens with one attached hydrogen (secondary N) is 1. The van der Waals surface area contributed by atoms with Crippen molar-refractivity contribution in [3.63, 3.8) is 0 Å². The molecule has 0 spiro atoms. The van der Waals surface area contributed by atoms with Crippen LogP contribution < -0.4 is 10.2 Å². The van der Waals surface area contributed by atoms with Gasteiger partial charge in [0, 0.05) is 17.3 Å². The maximum Gasteiger partial charge on any atom is 0.245 e. The molecule has 0 aromatic carbocycles. The molecule has 8 nitrogen and oxygen atoms in total. The fourth-order valence-corrected chi connectivity index (χ4v) is 3.21. The monoisotopic (exact) mass is 396 g/mol. The zero-order valence-electron chi connectivity index (χ0n) is 16.3. The van der Waals surface area contributed by atoms with Gasteiger partial charge in [0.15, 0.2) is 6.23 Å². The number of hydrogen-bond donors (Lipinski definition) is 2. The Morgan fingerprint density at radius 1 is 1.31 bits per heavy atom. The molecule has 29 heavy (non-hydrogen) atoms. The highest BCUT2D eigenvalue weighted by atomic mass is 19.1. The van der Waals surface area contributed by atoms with Gasteiger partial charge >= 0.3 is 0 Å². The molecular formula is C20H21FN6O2. The summed E-state index contributed by atoms with van der Waals surface area (Å²) in [6.07, 6.45) is 0.0514. The summed E-state index contributed by atoms with van der Waals surface area (Å²) in [5.41, 5.74) is 2.13. The second-order valence-electron chi connectivity index (χ2n) is 7.26. The van der Waals surface area contributed by atoms with Gasteiger partial charge in [-0.25, -0.2) is 19.0 Å². The average molecular weight is 396 g/mol. The Labute approximate surface area is 167 Å². The van der Waals surface area contributed by atoms with Crippen LogP contribution in [-0.4, -0.2) is 37.3 Å². The molecule has 3 aromatic heterocycles. The summed E-state index contributed by atoms with van der Waals surface area (Å²) in [7, 11) is 0. The van der Waals surface area contributed by atoms with Gasteiger partial charge in [-0.05, 0) is 37.1 Å². The molecule has 0 saturated heterocycles. The first-order valence-corrected chi connectivity index (χ1v) is 9.27. The normalized spacial score (nSPS) is 15.2. The van der Waals surface area contributed by atoms with Gasteiger partial charge in [0.2, 0.25) is 5.91 Å². The van der Waals surface area contributed by atoms with Crippen molar-refractivity contribution < 1.29 is 14.3 Å². The van der Waals surface area contributed by atoms with Gasteiger partial charge in [0.25, 0.3) is 0 Å². The third kappa shape index (κ3) is 3.56. The lowest BCUT2D eigenvalue weighted by Gasteiger charge is -2.32. The van der Waals surface area contributed by atoms with E-state index in [4.69, 9.17) is 0 Å². The topological polar surface area (TPSA) is 96.2 Å². The third-order valence-electron chi connectivity index (χ3n) is 4.71. The number of aryl methyl sites for hydroxylation is 1. The minimum Gasteiger partial charge on any atom is -0.368 e. The van der Waals surface area contributed by atoms with Crippen LogP contribution in [0.5, 0.6) is 0 Å². The molecule has 1 atom stereocenters. The van der Waals surface area contributed by atoms with E-state index >= 15 is 0 Å². The number of aromatic nitrogens is 4. The van der Waals surface area contributed by atoms with E-state index in [-0.39, 0.29) is 24.2 Å². The first kappa shape index (κ1) is 19.0. The van der Waals surface area contributed by atoms with Crippen LogP contribution in [0, 0.1) is 12.7 Å². The maximum atomic E-state index is 13.0. The molecule has 2 N–H and O–H groups in total. The highest BCUT2D eigenvalue weighted by molar-refractivity contribution is 5.94. The van der Waals surface area contributed by atoms with E-state index in [1.165, 1.54) is 16.8 Å². The number of fused-ring (bicyclic) bond motifs is 2. The van der Waals surface area contributed by atoms with Crippen molar-refractivity contribution >= 4 is 23.4 Å². The molecule has 9 heteroatoms. The second kappa shape index (κ2) is 7.25. The van der Waals surface area contributed by atoms with E-state index in [1.54, 1.807) is 17.0 Å². The Morgan fingerprint density at radius 2 is 2.10 bits per heavy atom. The van der Waals surface area contributed by atoms with E-state index in [0.717, 1.165) is 17.6 Å². The number of halogens is 1. The molecule has 4 heterocycles. The highest BCUT2D eigenvalue weighted by Gasteiger charge is 2.33. The first-order valence-electron chi connectivity index (χ1n) is 9.27. The number of hydrogen-bond acceptors (Lipinski definition) is 6. The molecule has 0 bridgehead atoms. The smallest absolute Gasteiger partial charge is 0.245 e. The van der Waals surface area contributed by atoms with Crippen molar-refractivity contribution in [2.75, 3.05) is 16.8 Å². The van der Waals surface area contributed by atoms with E-state index in [0.29, 0.717) is 17.2 Å². The predicted octanol–water partition coefficient (Wildman–Crippen LogP) is 2.87. The van der Waals surface area contributed by atoms with Crippen LogP contribution >= 0.6 is 0 Å². The quantitative estimate of drug-likeness (QED) is 0.704. The Balaban J connectivity index is 1.70. The van der Waals surface area contributed by atoms with Crippen LogP contribution in [0.1, 0.15) is 42.9 Å². The molecule has 1 aliphatic heterocycles. The summed E-state index contributed by atoms with van der Waals surface area (Å²) in [6.45, 7) is 5.79. The Kier molecular flexibility index (Phi) is 4.75. The lowest BCUT2D eigenvalue weighted by atomic mass is 10.1. The SMILES string of the molecule is Cc1ccc2c(n1)N(CC(=O)Nc1ccc(F)cn1)c1cc(C(C)C)nn1C2O. The third-order valence-corrected chi connectivity index (χ3v) is 4.71. The Hall–Kier alpha value is -3.33. The van der Waals surface area contributed by atoms with Crippen molar-refractivity contribution in [3.8, 4) is 0 Å². The van der Waals surface area contributed by atoms with Crippen LogP contribution in [-0.2, 0) is 4.79 Å². The molecule has 0 fully saturated rings. The summed E-state index contributed by atoms with van der Waals surface area (Å²) in [6, 6.07) is 8.06.